The second-order valence-electron chi connectivity index (χ2n) is 4.58. The van der Waals surface area contributed by atoms with E-state index in [1.165, 1.54) is 18.5 Å². The highest BCUT2D eigenvalue weighted by atomic mass is 19.1. The fraction of sp³-hybridized carbons (Fsp3) is 0.308. The Bertz CT molecular complexity index is 605. The summed E-state index contributed by atoms with van der Waals surface area (Å²) in [6.45, 7) is 3.55. The molecule has 106 valence electrons. The van der Waals surface area contributed by atoms with Gasteiger partial charge in [0.2, 0.25) is 0 Å². The van der Waals surface area contributed by atoms with Gasteiger partial charge in [0, 0.05) is 12.7 Å². The van der Waals surface area contributed by atoms with Crippen LogP contribution in [0.3, 0.4) is 0 Å². The molecule has 0 saturated carbocycles. The normalized spacial score (nSPS) is 12.0. The first kappa shape index (κ1) is 14.0. The van der Waals surface area contributed by atoms with Crippen LogP contribution in [0.2, 0.25) is 0 Å². The van der Waals surface area contributed by atoms with Crippen molar-refractivity contribution in [2.45, 2.75) is 19.9 Å². The average molecular weight is 277 g/mol. The third-order valence-electron chi connectivity index (χ3n) is 2.78. The number of carbonyl (C=O) groups excluding carboxylic acids is 1. The lowest BCUT2D eigenvalue weighted by atomic mass is 10.2. The first-order valence-corrected chi connectivity index (χ1v) is 6.14. The highest BCUT2D eigenvalue weighted by Crippen LogP contribution is 2.14. The van der Waals surface area contributed by atoms with E-state index in [9.17, 15) is 9.18 Å². The third kappa shape index (κ3) is 3.31. The summed E-state index contributed by atoms with van der Waals surface area (Å²) in [6, 6.07) is 3.61. The van der Waals surface area contributed by atoms with Crippen LogP contribution in [0.15, 0.2) is 24.5 Å². The lowest BCUT2D eigenvalue weighted by molar-refractivity contribution is 0.248. The zero-order valence-corrected chi connectivity index (χ0v) is 11.5. The van der Waals surface area contributed by atoms with E-state index in [1.807, 2.05) is 0 Å². The van der Waals surface area contributed by atoms with Gasteiger partial charge in [-0.05, 0) is 37.6 Å². The second kappa shape index (κ2) is 5.68. The van der Waals surface area contributed by atoms with Crippen LogP contribution in [0.4, 0.5) is 14.9 Å². The first-order chi connectivity index (χ1) is 9.45. The molecule has 0 saturated heterocycles. The fourth-order valence-corrected chi connectivity index (χ4v) is 1.93. The molecule has 0 bridgehead atoms. The van der Waals surface area contributed by atoms with Crippen LogP contribution in [0, 0.1) is 12.7 Å². The number of urea groups is 1. The van der Waals surface area contributed by atoms with Crippen molar-refractivity contribution in [3.8, 4) is 0 Å². The summed E-state index contributed by atoms with van der Waals surface area (Å²) in [5.41, 5.74) is 1.15. The summed E-state index contributed by atoms with van der Waals surface area (Å²) in [7, 11) is 1.74. The quantitative estimate of drug-likeness (QED) is 0.903. The molecule has 2 amide bonds. The maximum atomic E-state index is 13.2. The number of hydrogen-bond donors (Lipinski definition) is 2. The lowest BCUT2D eigenvalue weighted by Gasteiger charge is -2.14. The minimum Gasteiger partial charge on any atom is -0.328 e. The molecule has 1 aromatic heterocycles. The molecule has 0 aliphatic heterocycles. The van der Waals surface area contributed by atoms with E-state index in [1.54, 1.807) is 31.6 Å². The number of nitrogens with one attached hydrogen (secondary N) is 2. The number of aryl methyl sites for hydroxylation is 2. The second-order valence-corrected chi connectivity index (χ2v) is 4.58. The lowest BCUT2D eigenvalue weighted by Crippen LogP contribution is -2.32. The van der Waals surface area contributed by atoms with Crippen LogP contribution in [0.5, 0.6) is 0 Å². The molecule has 0 unspecified atom stereocenters. The van der Waals surface area contributed by atoms with Crippen molar-refractivity contribution in [2.75, 3.05) is 5.32 Å². The molecule has 0 spiro atoms. The zero-order valence-electron chi connectivity index (χ0n) is 11.5. The van der Waals surface area contributed by atoms with Gasteiger partial charge >= 0.3 is 6.03 Å². The van der Waals surface area contributed by atoms with Crippen molar-refractivity contribution in [1.82, 2.24) is 20.1 Å². The third-order valence-corrected chi connectivity index (χ3v) is 2.78. The van der Waals surface area contributed by atoms with Crippen molar-refractivity contribution in [1.29, 1.82) is 0 Å². The van der Waals surface area contributed by atoms with Gasteiger partial charge in [0.05, 0.1) is 6.04 Å². The number of aromatic nitrogens is 3. The van der Waals surface area contributed by atoms with Crippen molar-refractivity contribution < 1.29 is 9.18 Å². The summed E-state index contributed by atoms with van der Waals surface area (Å²) in [5, 5.41) is 9.24. The van der Waals surface area contributed by atoms with Crippen LogP contribution in [0.25, 0.3) is 0 Å². The summed E-state index contributed by atoms with van der Waals surface area (Å²) in [4.78, 5) is 15.9. The predicted octanol–water partition coefficient (Wildman–Crippen LogP) is 2.15. The van der Waals surface area contributed by atoms with Gasteiger partial charge in [-0.25, -0.2) is 14.2 Å². The molecule has 20 heavy (non-hydrogen) atoms. The molecule has 1 atom stereocenters. The number of amides is 2. The molecule has 2 N–H and O–H groups in total. The molecule has 1 aromatic carbocycles. The Hall–Kier alpha value is -2.44. The maximum absolute atomic E-state index is 13.2. The molecule has 0 aliphatic carbocycles. The molecule has 0 radical (unpaired) electrons. The molecule has 0 fully saturated rings. The van der Waals surface area contributed by atoms with Crippen molar-refractivity contribution in [3.63, 3.8) is 0 Å². The summed E-state index contributed by atoms with van der Waals surface area (Å²) in [6.07, 6.45) is 1.42. The average Bonchev–Trinajstić information content (AvgIpc) is 2.73. The van der Waals surface area contributed by atoms with Gasteiger partial charge in [0.25, 0.3) is 0 Å². The van der Waals surface area contributed by atoms with E-state index in [-0.39, 0.29) is 11.9 Å². The van der Waals surface area contributed by atoms with E-state index in [2.05, 4.69) is 20.7 Å². The number of anilines is 1. The summed E-state index contributed by atoms with van der Waals surface area (Å²) in [5.74, 6) is 0.247. The Balaban J connectivity index is 2.00. The van der Waals surface area contributed by atoms with Crippen molar-refractivity contribution in [3.05, 3.63) is 41.7 Å². The minimum absolute atomic E-state index is 0.308. The van der Waals surface area contributed by atoms with E-state index in [4.69, 9.17) is 0 Å². The highest BCUT2D eigenvalue weighted by molar-refractivity contribution is 5.89. The molecular weight excluding hydrogens is 261 g/mol. The largest absolute Gasteiger partial charge is 0.328 e. The molecule has 2 rings (SSSR count). The molecular formula is C13H16FN5O. The van der Waals surface area contributed by atoms with Gasteiger partial charge in [-0.1, -0.05) is 0 Å². The van der Waals surface area contributed by atoms with Gasteiger partial charge in [-0.3, -0.25) is 4.68 Å². The van der Waals surface area contributed by atoms with Crippen molar-refractivity contribution >= 4 is 11.7 Å². The number of rotatable bonds is 3. The molecule has 7 heteroatoms. The topological polar surface area (TPSA) is 71.8 Å². The molecule has 6 nitrogen and oxygen atoms in total. The molecule has 2 aromatic rings. The van der Waals surface area contributed by atoms with Crippen LogP contribution in [-0.4, -0.2) is 20.8 Å². The maximum Gasteiger partial charge on any atom is 0.319 e. The van der Waals surface area contributed by atoms with E-state index >= 15 is 0 Å². The number of nitrogens with zero attached hydrogens (tertiary/aromatic N) is 3. The SMILES string of the molecule is Cc1cc(F)cc(NC(=O)N[C@@H](C)c2ncnn2C)c1. The van der Waals surface area contributed by atoms with Crippen LogP contribution in [-0.2, 0) is 7.05 Å². The molecule has 1 heterocycles. The number of carbonyl (C=O) groups is 1. The van der Waals surface area contributed by atoms with E-state index < -0.39 is 6.03 Å². The van der Waals surface area contributed by atoms with Gasteiger partial charge in [-0.15, -0.1) is 0 Å². The number of hydrogen-bond acceptors (Lipinski definition) is 3. The fourth-order valence-electron chi connectivity index (χ4n) is 1.93. The smallest absolute Gasteiger partial charge is 0.319 e. The highest BCUT2D eigenvalue weighted by Gasteiger charge is 2.14. The number of halogens is 1. The Morgan fingerprint density at radius 2 is 2.15 bits per heavy atom. The van der Waals surface area contributed by atoms with Gasteiger partial charge in [0.15, 0.2) is 0 Å². The monoisotopic (exact) mass is 277 g/mol. The van der Waals surface area contributed by atoms with Crippen LogP contribution < -0.4 is 10.6 Å². The predicted molar refractivity (Wildman–Crippen MR) is 72.7 cm³/mol. The molecule has 0 aliphatic rings. The standard InChI is InChI=1S/C13H16FN5O/c1-8-4-10(14)6-11(5-8)18-13(20)17-9(2)12-15-7-16-19(12)3/h4-7,9H,1-3H3,(H2,17,18,20)/t9-/m0/s1. The first-order valence-electron chi connectivity index (χ1n) is 6.14. The van der Waals surface area contributed by atoms with E-state index in [0.29, 0.717) is 11.5 Å². The van der Waals surface area contributed by atoms with Gasteiger partial charge in [-0.2, -0.15) is 5.10 Å². The van der Waals surface area contributed by atoms with Crippen LogP contribution >= 0.6 is 0 Å². The Kier molecular flexibility index (Phi) is 3.97. The van der Waals surface area contributed by atoms with Crippen molar-refractivity contribution in [2.24, 2.45) is 7.05 Å². The minimum atomic E-state index is -0.425. The zero-order chi connectivity index (χ0) is 14.7. The summed E-state index contributed by atoms with van der Waals surface area (Å²) >= 11 is 0. The van der Waals surface area contributed by atoms with E-state index in [0.717, 1.165) is 5.56 Å². The Morgan fingerprint density at radius 1 is 1.40 bits per heavy atom. The Labute approximate surface area is 116 Å². The van der Waals surface area contributed by atoms with Crippen LogP contribution in [0.1, 0.15) is 24.4 Å². The van der Waals surface area contributed by atoms with Gasteiger partial charge in [0.1, 0.15) is 18.0 Å². The Morgan fingerprint density at radius 3 is 2.75 bits per heavy atom. The number of benzene rings is 1. The summed E-state index contributed by atoms with van der Waals surface area (Å²) < 4.78 is 14.8. The van der Waals surface area contributed by atoms with Gasteiger partial charge < -0.3 is 10.6 Å².